The quantitative estimate of drug-likeness (QED) is 0.190. The van der Waals surface area contributed by atoms with Gasteiger partial charge in [-0.15, -0.1) is 0 Å². The second kappa shape index (κ2) is 7.08. The van der Waals surface area contributed by atoms with Gasteiger partial charge < -0.3 is 10.4 Å². The summed E-state index contributed by atoms with van der Waals surface area (Å²) >= 11 is 0. The molecule has 0 aliphatic rings. The van der Waals surface area contributed by atoms with Crippen LogP contribution in [-0.4, -0.2) is 36.5 Å². The maximum Gasteiger partial charge on any atom is 0.372 e. The summed E-state index contributed by atoms with van der Waals surface area (Å²) in [7, 11) is 0. The first-order valence-electron chi connectivity index (χ1n) is 3.66. The van der Waals surface area contributed by atoms with Crippen LogP contribution in [0.5, 0.6) is 0 Å². The molecule has 0 radical (unpaired) electrons. The van der Waals surface area contributed by atoms with Crippen LogP contribution in [0, 0.1) is 0 Å². The molecule has 0 unspecified atom stereocenters. The number of hydrogen-bond donors (Lipinski definition) is 2. The van der Waals surface area contributed by atoms with Gasteiger partial charge in [0.2, 0.25) is 5.78 Å². The number of aliphatic carboxylic acids is 1. The topological polar surface area (TPSA) is 115 Å². The normalized spacial score (nSPS) is 8.92. The Morgan fingerprint density at radius 3 is 2.69 bits per heavy atom. The zero-order valence-electron chi connectivity index (χ0n) is 6.93. The molecule has 0 atom stereocenters. The number of Topliss-reactive ketones (excluding diaryl/α,β-unsaturated/α-hetero) is 1. The fourth-order valence-corrected chi connectivity index (χ4v) is 0.608. The van der Waals surface area contributed by atoms with Crippen LogP contribution in [0.15, 0.2) is 5.11 Å². The van der Waals surface area contributed by atoms with Crippen molar-refractivity contribution >= 4 is 11.8 Å². The summed E-state index contributed by atoms with van der Waals surface area (Å²) in [6, 6.07) is 0. The number of carboxylic acids is 1. The summed E-state index contributed by atoms with van der Waals surface area (Å²) in [5.74, 6) is -2.24. The van der Waals surface area contributed by atoms with Crippen molar-refractivity contribution in [2.75, 3.05) is 19.6 Å². The molecule has 0 amide bonds. The summed E-state index contributed by atoms with van der Waals surface area (Å²) in [4.78, 5) is 23.1. The van der Waals surface area contributed by atoms with Crippen molar-refractivity contribution in [1.82, 2.24) is 5.32 Å². The van der Waals surface area contributed by atoms with Gasteiger partial charge in [-0.25, -0.2) is 4.79 Å². The zero-order chi connectivity index (χ0) is 10.1. The molecule has 0 aliphatic heterocycles. The highest BCUT2D eigenvalue weighted by Gasteiger charge is 2.09. The zero-order valence-corrected chi connectivity index (χ0v) is 6.93. The molecule has 0 bridgehead atoms. The Morgan fingerprint density at radius 1 is 1.46 bits per heavy atom. The van der Waals surface area contributed by atoms with E-state index in [1.165, 1.54) is 0 Å². The summed E-state index contributed by atoms with van der Waals surface area (Å²) in [5, 5.41) is 14.2. The van der Waals surface area contributed by atoms with Crippen molar-refractivity contribution in [1.29, 1.82) is 0 Å². The second-order valence-corrected chi connectivity index (χ2v) is 2.18. The number of nitrogens with one attached hydrogen (secondary N) is 1. The smallest absolute Gasteiger partial charge is 0.372 e. The van der Waals surface area contributed by atoms with E-state index >= 15 is 0 Å². The van der Waals surface area contributed by atoms with E-state index < -0.39 is 11.8 Å². The van der Waals surface area contributed by atoms with Gasteiger partial charge >= 0.3 is 5.97 Å². The Labute approximate surface area is 74.4 Å². The van der Waals surface area contributed by atoms with Gasteiger partial charge in [-0.2, -0.15) is 0 Å². The van der Waals surface area contributed by atoms with Crippen LogP contribution in [0.25, 0.3) is 10.4 Å². The predicted octanol–water partition coefficient (Wildman–Crippen LogP) is -0.0699. The van der Waals surface area contributed by atoms with Crippen LogP contribution in [0.4, 0.5) is 0 Å². The molecule has 2 N–H and O–H groups in total. The van der Waals surface area contributed by atoms with Crippen molar-refractivity contribution in [3.63, 3.8) is 0 Å². The summed E-state index contributed by atoms with van der Waals surface area (Å²) in [5.41, 5.74) is 7.88. The van der Waals surface area contributed by atoms with Gasteiger partial charge in [0.1, 0.15) is 0 Å². The van der Waals surface area contributed by atoms with Crippen molar-refractivity contribution in [2.24, 2.45) is 5.11 Å². The minimum atomic E-state index is -1.42. The van der Waals surface area contributed by atoms with Gasteiger partial charge in [0.15, 0.2) is 0 Å². The van der Waals surface area contributed by atoms with Crippen molar-refractivity contribution in [3.8, 4) is 0 Å². The van der Waals surface area contributed by atoms with Crippen molar-refractivity contribution in [2.45, 2.75) is 6.42 Å². The molecular formula is C6H10N4O3. The van der Waals surface area contributed by atoms with Crippen LogP contribution in [0.3, 0.4) is 0 Å². The van der Waals surface area contributed by atoms with E-state index in [0.29, 0.717) is 6.54 Å². The number of rotatable bonds is 7. The van der Waals surface area contributed by atoms with E-state index in [1.54, 1.807) is 0 Å². The lowest BCUT2D eigenvalue weighted by Crippen LogP contribution is -2.23. The monoisotopic (exact) mass is 186 g/mol. The molecule has 0 aromatic heterocycles. The molecule has 7 nitrogen and oxygen atoms in total. The molecule has 0 spiro atoms. The van der Waals surface area contributed by atoms with Crippen molar-refractivity contribution in [3.05, 3.63) is 10.4 Å². The molecule has 0 aromatic carbocycles. The first-order valence-corrected chi connectivity index (χ1v) is 3.66. The third-order valence-corrected chi connectivity index (χ3v) is 1.22. The molecule has 0 rings (SSSR count). The third-order valence-electron chi connectivity index (χ3n) is 1.22. The minimum absolute atomic E-state index is 0.0500. The average molecular weight is 186 g/mol. The summed E-state index contributed by atoms with van der Waals surface area (Å²) in [6.45, 7) is 1.01. The molecule has 0 aromatic rings. The van der Waals surface area contributed by atoms with E-state index in [-0.39, 0.29) is 19.5 Å². The molecule has 7 heteroatoms. The Bertz CT molecular complexity index is 234. The maximum absolute atomic E-state index is 10.5. The van der Waals surface area contributed by atoms with Gasteiger partial charge in [0.25, 0.3) is 0 Å². The number of hydrogen-bond acceptors (Lipinski definition) is 4. The number of nitrogens with zero attached hydrogens (tertiary/aromatic N) is 3. The number of carboxylic acid groups (broad SMARTS) is 1. The van der Waals surface area contributed by atoms with Gasteiger partial charge in [-0.3, -0.25) is 4.79 Å². The van der Waals surface area contributed by atoms with Gasteiger partial charge in [0.05, 0.1) is 0 Å². The number of azide groups is 1. The van der Waals surface area contributed by atoms with E-state index in [2.05, 4.69) is 15.3 Å². The van der Waals surface area contributed by atoms with Crippen molar-refractivity contribution < 1.29 is 14.7 Å². The van der Waals surface area contributed by atoms with Gasteiger partial charge in [0, 0.05) is 31.0 Å². The molecule has 0 saturated heterocycles. The lowest BCUT2D eigenvalue weighted by atomic mass is 10.3. The van der Waals surface area contributed by atoms with Crippen LogP contribution in [-0.2, 0) is 9.59 Å². The fraction of sp³-hybridized carbons (Fsp3) is 0.667. The molecule has 13 heavy (non-hydrogen) atoms. The first kappa shape index (κ1) is 11.4. The Balaban J connectivity index is 3.30. The van der Waals surface area contributed by atoms with Crippen LogP contribution < -0.4 is 5.32 Å². The molecule has 0 heterocycles. The van der Waals surface area contributed by atoms with Gasteiger partial charge in [-0.05, 0) is 5.53 Å². The lowest BCUT2D eigenvalue weighted by molar-refractivity contribution is -0.149. The lowest BCUT2D eigenvalue weighted by Gasteiger charge is -1.98. The number of carbonyl (C=O) groups is 2. The molecule has 0 aliphatic carbocycles. The SMILES string of the molecule is [N-]=[N+]=NCCNCCC(=O)C(=O)O. The summed E-state index contributed by atoms with van der Waals surface area (Å²) in [6.07, 6.45) is -0.0500. The van der Waals surface area contributed by atoms with E-state index in [1.807, 2.05) is 0 Å². The minimum Gasteiger partial charge on any atom is -0.476 e. The molecular weight excluding hydrogens is 176 g/mol. The molecule has 0 saturated carbocycles. The van der Waals surface area contributed by atoms with E-state index in [0.717, 1.165) is 0 Å². The number of ketones is 1. The third kappa shape index (κ3) is 6.79. The van der Waals surface area contributed by atoms with Gasteiger partial charge in [-0.1, -0.05) is 5.11 Å². The fourth-order valence-electron chi connectivity index (χ4n) is 0.608. The second-order valence-electron chi connectivity index (χ2n) is 2.18. The Hall–Kier alpha value is -1.59. The number of carbonyl (C=O) groups excluding carboxylic acids is 1. The van der Waals surface area contributed by atoms with E-state index in [4.69, 9.17) is 10.6 Å². The first-order chi connectivity index (χ1) is 6.18. The Kier molecular flexibility index (Phi) is 6.21. The predicted molar refractivity (Wildman–Crippen MR) is 44.1 cm³/mol. The largest absolute Gasteiger partial charge is 0.476 e. The molecule has 72 valence electrons. The van der Waals surface area contributed by atoms with Crippen LogP contribution >= 0.6 is 0 Å². The van der Waals surface area contributed by atoms with Crippen LogP contribution in [0.2, 0.25) is 0 Å². The average Bonchev–Trinajstić information content (AvgIpc) is 2.10. The highest BCUT2D eigenvalue weighted by molar-refractivity contribution is 6.32. The highest BCUT2D eigenvalue weighted by atomic mass is 16.4. The van der Waals surface area contributed by atoms with E-state index in [9.17, 15) is 9.59 Å². The standard InChI is InChI=1S/C6H10N4O3/c7-10-9-4-3-8-2-1-5(11)6(12)13/h8H,1-4H2,(H,12,13). The van der Waals surface area contributed by atoms with Crippen LogP contribution in [0.1, 0.15) is 6.42 Å². The molecule has 0 fully saturated rings. The summed E-state index contributed by atoms with van der Waals surface area (Å²) < 4.78 is 0. The Morgan fingerprint density at radius 2 is 2.15 bits per heavy atom. The maximum atomic E-state index is 10.5. The highest BCUT2D eigenvalue weighted by Crippen LogP contribution is 1.80.